The number of hydrogen-bond acceptors (Lipinski definition) is 1. The maximum atomic E-state index is 3.77. The quantitative estimate of drug-likeness (QED) is 0.633. The normalized spacial score (nSPS) is 24.9. The molecule has 0 saturated carbocycles. The summed E-state index contributed by atoms with van der Waals surface area (Å²) in [6.07, 6.45) is 12.0. The van der Waals surface area contributed by atoms with Gasteiger partial charge >= 0.3 is 0 Å². The summed E-state index contributed by atoms with van der Waals surface area (Å²) in [4.78, 5) is 0. The lowest BCUT2D eigenvalue weighted by Gasteiger charge is -2.22. The van der Waals surface area contributed by atoms with Crippen LogP contribution in [0.15, 0.2) is 12.2 Å². The molecule has 1 nitrogen and oxygen atoms in total. The van der Waals surface area contributed by atoms with Crippen LogP contribution in [0.25, 0.3) is 0 Å². The first-order valence-corrected chi connectivity index (χ1v) is 5.11. The first kappa shape index (κ1) is 9.79. The molecule has 1 heterocycles. The van der Waals surface area contributed by atoms with Gasteiger partial charge in [-0.05, 0) is 45.6 Å². The summed E-state index contributed by atoms with van der Waals surface area (Å²) in [5.41, 5.74) is 0. The zero-order valence-corrected chi connectivity index (χ0v) is 7.89. The lowest BCUT2D eigenvalue weighted by molar-refractivity contribution is 0.384. The summed E-state index contributed by atoms with van der Waals surface area (Å²) in [7, 11) is 0. The lowest BCUT2D eigenvalue weighted by atomic mass is 10.0. The summed E-state index contributed by atoms with van der Waals surface area (Å²) < 4.78 is 0. The Morgan fingerprint density at radius 2 is 2.25 bits per heavy atom. The van der Waals surface area contributed by atoms with E-state index in [1.807, 2.05) is 0 Å². The molecule has 1 saturated heterocycles. The van der Waals surface area contributed by atoms with E-state index in [4.69, 9.17) is 0 Å². The van der Waals surface area contributed by atoms with Crippen molar-refractivity contribution in [2.45, 2.75) is 44.6 Å². The summed E-state index contributed by atoms with van der Waals surface area (Å²) in [6, 6.07) is 0.785. The van der Waals surface area contributed by atoms with Crippen LogP contribution in [0.1, 0.15) is 38.5 Å². The van der Waals surface area contributed by atoms with Gasteiger partial charge in [0.1, 0.15) is 0 Å². The second kappa shape index (κ2) is 6.24. The van der Waals surface area contributed by atoms with E-state index in [0.29, 0.717) is 0 Å². The highest BCUT2D eigenvalue weighted by Crippen LogP contribution is 2.11. The molecule has 1 rings (SSSR count). The topological polar surface area (TPSA) is 12.0 Å². The van der Waals surface area contributed by atoms with Gasteiger partial charge in [0.2, 0.25) is 0 Å². The Morgan fingerprint density at radius 1 is 1.33 bits per heavy atom. The van der Waals surface area contributed by atoms with Crippen molar-refractivity contribution < 1.29 is 0 Å². The molecule has 0 aromatic heterocycles. The highest BCUT2D eigenvalue weighted by molar-refractivity contribution is 4.84. The van der Waals surface area contributed by atoms with Crippen molar-refractivity contribution in [3.05, 3.63) is 19.1 Å². The number of allylic oxidation sites excluding steroid dienone is 2. The van der Waals surface area contributed by atoms with Gasteiger partial charge in [0, 0.05) is 6.04 Å². The lowest BCUT2D eigenvalue weighted by Crippen LogP contribution is -2.33. The molecular formula is C11H20N. The minimum atomic E-state index is 0.785. The van der Waals surface area contributed by atoms with Crippen molar-refractivity contribution in [2.24, 2.45) is 0 Å². The molecule has 1 fully saturated rings. The SMILES string of the molecule is [CH2]CC=CCCC1CCCCN1. The third-order valence-corrected chi connectivity index (χ3v) is 2.43. The van der Waals surface area contributed by atoms with Crippen LogP contribution in [0.5, 0.6) is 0 Å². The molecule has 69 valence electrons. The monoisotopic (exact) mass is 166 g/mol. The number of piperidine rings is 1. The number of hydrogen-bond donors (Lipinski definition) is 1. The van der Waals surface area contributed by atoms with Crippen molar-refractivity contribution in [3.8, 4) is 0 Å². The van der Waals surface area contributed by atoms with E-state index >= 15 is 0 Å². The Balaban J connectivity index is 2.01. The largest absolute Gasteiger partial charge is 0.314 e. The molecule has 1 radical (unpaired) electrons. The van der Waals surface area contributed by atoms with Crippen LogP contribution in [0.4, 0.5) is 0 Å². The molecule has 0 spiro atoms. The van der Waals surface area contributed by atoms with Gasteiger partial charge in [-0.15, -0.1) is 0 Å². The van der Waals surface area contributed by atoms with Gasteiger partial charge in [0.15, 0.2) is 0 Å². The molecule has 1 aliphatic rings. The highest BCUT2D eigenvalue weighted by atomic mass is 14.9. The van der Waals surface area contributed by atoms with E-state index < -0.39 is 0 Å². The molecule has 1 aliphatic heterocycles. The molecule has 12 heavy (non-hydrogen) atoms. The molecule has 1 unspecified atom stereocenters. The predicted octanol–water partition coefficient (Wildman–Crippen LogP) is 2.69. The van der Waals surface area contributed by atoms with E-state index in [1.165, 1.54) is 38.6 Å². The maximum absolute atomic E-state index is 3.77. The van der Waals surface area contributed by atoms with Gasteiger partial charge in [0.05, 0.1) is 0 Å². The molecule has 0 bridgehead atoms. The van der Waals surface area contributed by atoms with Crippen LogP contribution in [-0.4, -0.2) is 12.6 Å². The summed E-state index contributed by atoms with van der Waals surface area (Å²) in [6.45, 7) is 4.99. The van der Waals surface area contributed by atoms with E-state index in [1.54, 1.807) is 0 Å². The molecule has 1 atom stereocenters. The van der Waals surface area contributed by atoms with Gasteiger partial charge in [-0.2, -0.15) is 0 Å². The second-order valence-corrected chi connectivity index (χ2v) is 3.48. The third kappa shape index (κ3) is 3.91. The van der Waals surface area contributed by atoms with Crippen molar-refractivity contribution in [3.63, 3.8) is 0 Å². The standard InChI is InChI=1S/C11H20N/c1-2-3-4-5-8-11-9-6-7-10-12-11/h3-4,11-12H,1-2,5-10H2. The average molecular weight is 166 g/mol. The fourth-order valence-electron chi connectivity index (χ4n) is 1.70. The smallest absolute Gasteiger partial charge is 0.00700 e. The fourth-order valence-corrected chi connectivity index (χ4v) is 1.70. The van der Waals surface area contributed by atoms with Crippen LogP contribution >= 0.6 is 0 Å². The van der Waals surface area contributed by atoms with Crippen LogP contribution in [0.3, 0.4) is 0 Å². The van der Waals surface area contributed by atoms with E-state index in [-0.39, 0.29) is 0 Å². The van der Waals surface area contributed by atoms with Crippen LogP contribution < -0.4 is 5.32 Å². The summed E-state index contributed by atoms with van der Waals surface area (Å²) in [5.74, 6) is 0. The second-order valence-electron chi connectivity index (χ2n) is 3.48. The van der Waals surface area contributed by atoms with Crippen LogP contribution in [-0.2, 0) is 0 Å². The molecule has 0 aliphatic carbocycles. The minimum Gasteiger partial charge on any atom is -0.314 e. The van der Waals surface area contributed by atoms with Gasteiger partial charge < -0.3 is 5.32 Å². The molecule has 1 heteroatoms. The fraction of sp³-hybridized carbons (Fsp3) is 0.727. The van der Waals surface area contributed by atoms with Crippen molar-refractivity contribution in [1.29, 1.82) is 0 Å². The van der Waals surface area contributed by atoms with Crippen molar-refractivity contribution in [2.75, 3.05) is 6.54 Å². The van der Waals surface area contributed by atoms with Gasteiger partial charge in [-0.25, -0.2) is 0 Å². The summed E-state index contributed by atoms with van der Waals surface area (Å²) in [5, 5.41) is 3.55. The first-order valence-electron chi connectivity index (χ1n) is 5.11. The van der Waals surface area contributed by atoms with Crippen LogP contribution in [0, 0.1) is 6.92 Å². The van der Waals surface area contributed by atoms with Gasteiger partial charge in [-0.1, -0.05) is 18.6 Å². The van der Waals surface area contributed by atoms with Gasteiger partial charge in [0.25, 0.3) is 0 Å². The Hall–Kier alpha value is -0.300. The zero-order chi connectivity index (χ0) is 8.65. The highest BCUT2D eigenvalue weighted by Gasteiger charge is 2.10. The van der Waals surface area contributed by atoms with Gasteiger partial charge in [-0.3, -0.25) is 0 Å². The molecular weight excluding hydrogens is 146 g/mol. The third-order valence-electron chi connectivity index (χ3n) is 2.43. The zero-order valence-electron chi connectivity index (χ0n) is 7.89. The van der Waals surface area contributed by atoms with E-state index in [2.05, 4.69) is 24.4 Å². The molecule has 0 amide bonds. The Kier molecular flexibility index (Phi) is 5.09. The maximum Gasteiger partial charge on any atom is 0.00700 e. The Bertz CT molecular complexity index is 123. The predicted molar refractivity (Wildman–Crippen MR) is 54.0 cm³/mol. The minimum absolute atomic E-state index is 0.785. The average Bonchev–Trinajstić information content (AvgIpc) is 2.14. The molecule has 1 N–H and O–H groups in total. The summed E-state index contributed by atoms with van der Waals surface area (Å²) >= 11 is 0. The first-order chi connectivity index (χ1) is 5.93. The van der Waals surface area contributed by atoms with Crippen LogP contribution in [0.2, 0.25) is 0 Å². The van der Waals surface area contributed by atoms with E-state index in [9.17, 15) is 0 Å². The van der Waals surface area contributed by atoms with Crippen molar-refractivity contribution >= 4 is 0 Å². The number of nitrogens with one attached hydrogen (secondary N) is 1. The number of rotatable bonds is 4. The van der Waals surface area contributed by atoms with Crippen molar-refractivity contribution in [1.82, 2.24) is 5.32 Å². The van der Waals surface area contributed by atoms with E-state index in [0.717, 1.165) is 12.5 Å². The molecule has 0 aromatic carbocycles. The Labute approximate surface area is 76.2 Å². The Morgan fingerprint density at radius 3 is 2.92 bits per heavy atom. The molecule has 0 aromatic rings.